The molecular weight excluding hydrogens is 303 g/mol. The van der Waals surface area contributed by atoms with Crippen molar-refractivity contribution in [1.29, 1.82) is 0 Å². The van der Waals surface area contributed by atoms with Gasteiger partial charge in [-0.15, -0.1) is 5.10 Å². The standard InChI is InChI=1S/C12H10Cl2N4O2/c1-20-12-16-11(17-18-12)15-10(19)5-2-7-6-8(13)3-4-9(7)14/h2-6H,1H3,(H2,15,16,17,18,19)/b5-2+. The fourth-order valence-corrected chi connectivity index (χ4v) is 1.72. The molecule has 0 aliphatic heterocycles. The van der Waals surface area contributed by atoms with Gasteiger partial charge in [0.05, 0.1) is 7.11 Å². The Labute approximate surface area is 124 Å². The van der Waals surface area contributed by atoms with Crippen molar-refractivity contribution >= 4 is 41.1 Å². The summed E-state index contributed by atoms with van der Waals surface area (Å²) in [7, 11) is 1.43. The van der Waals surface area contributed by atoms with Gasteiger partial charge in [0.1, 0.15) is 0 Å². The Morgan fingerprint density at radius 3 is 2.95 bits per heavy atom. The number of carbonyl (C=O) groups excluding carboxylic acids is 1. The molecule has 1 aromatic heterocycles. The summed E-state index contributed by atoms with van der Waals surface area (Å²) in [6.07, 6.45) is 2.86. The van der Waals surface area contributed by atoms with Crippen molar-refractivity contribution in [3.63, 3.8) is 0 Å². The summed E-state index contributed by atoms with van der Waals surface area (Å²) in [6, 6.07) is 5.12. The van der Waals surface area contributed by atoms with E-state index < -0.39 is 0 Å². The highest BCUT2D eigenvalue weighted by atomic mass is 35.5. The molecule has 0 spiro atoms. The Balaban J connectivity index is 2.03. The predicted molar refractivity (Wildman–Crippen MR) is 77.1 cm³/mol. The summed E-state index contributed by atoms with van der Waals surface area (Å²) < 4.78 is 4.78. The van der Waals surface area contributed by atoms with Gasteiger partial charge in [-0.2, -0.15) is 4.98 Å². The Morgan fingerprint density at radius 1 is 1.45 bits per heavy atom. The number of amides is 1. The lowest BCUT2D eigenvalue weighted by Crippen LogP contribution is -2.09. The van der Waals surface area contributed by atoms with Crippen molar-refractivity contribution in [2.75, 3.05) is 12.4 Å². The van der Waals surface area contributed by atoms with Crippen LogP contribution >= 0.6 is 23.2 Å². The molecule has 0 saturated carbocycles. The first-order valence-electron chi connectivity index (χ1n) is 5.49. The van der Waals surface area contributed by atoms with E-state index in [1.165, 1.54) is 13.2 Å². The van der Waals surface area contributed by atoms with Gasteiger partial charge in [-0.25, -0.2) is 5.10 Å². The number of H-pyrrole nitrogens is 1. The van der Waals surface area contributed by atoms with Crippen LogP contribution in [-0.4, -0.2) is 28.2 Å². The van der Waals surface area contributed by atoms with Crippen LogP contribution in [0.4, 0.5) is 5.95 Å². The number of nitrogens with zero attached hydrogens (tertiary/aromatic N) is 2. The number of nitrogens with one attached hydrogen (secondary N) is 2. The summed E-state index contributed by atoms with van der Waals surface area (Å²) in [6.45, 7) is 0. The minimum Gasteiger partial charge on any atom is -0.466 e. The van der Waals surface area contributed by atoms with Gasteiger partial charge in [-0.1, -0.05) is 23.2 Å². The molecule has 6 nitrogen and oxygen atoms in total. The van der Waals surface area contributed by atoms with Gasteiger partial charge < -0.3 is 4.74 Å². The van der Waals surface area contributed by atoms with E-state index in [2.05, 4.69) is 20.5 Å². The number of halogens is 2. The maximum Gasteiger partial charge on any atom is 0.336 e. The largest absolute Gasteiger partial charge is 0.466 e. The summed E-state index contributed by atoms with van der Waals surface area (Å²) in [4.78, 5) is 15.5. The molecule has 0 unspecified atom stereocenters. The summed E-state index contributed by atoms with van der Waals surface area (Å²) in [5, 5.41) is 9.73. The van der Waals surface area contributed by atoms with E-state index in [4.69, 9.17) is 27.9 Å². The van der Waals surface area contributed by atoms with Gasteiger partial charge in [0.15, 0.2) is 0 Å². The molecule has 1 amide bonds. The van der Waals surface area contributed by atoms with E-state index in [0.29, 0.717) is 15.6 Å². The van der Waals surface area contributed by atoms with Crippen molar-refractivity contribution < 1.29 is 9.53 Å². The van der Waals surface area contributed by atoms with Gasteiger partial charge in [0, 0.05) is 16.1 Å². The topological polar surface area (TPSA) is 79.9 Å². The Hall–Kier alpha value is -2.05. The molecular formula is C12H10Cl2N4O2. The zero-order chi connectivity index (χ0) is 14.5. The molecule has 8 heteroatoms. The monoisotopic (exact) mass is 312 g/mol. The lowest BCUT2D eigenvalue weighted by atomic mass is 10.2. The van der Waals surface area contributed by atoms with E-state index >= 15 is 0 Å². The fourth-order valence-electron chi connectivity index (χ4n) is 1.36. The third-order valence-corrected chi connectivity index (χ3v) is 2.84. The molecule has 104 valence electrons. The molecule has 0 saturated heterocycles. The van der Waals surface area contributed by atoms with E-state index in [1.807, 2.05) is 0 Å². The van der Waals surface area contributed by atoms with E-state index in [0.717, 1.165) is 0 Å². The second-order valence-corrected chi connectivity index (χ2v) is 4.50. The van der Waals surface area contributed by atoms with Crippen molar-refractivity contribution in [2.45, 2.75) is 0 Å². The number of methoxy groups -OCH3 is 1. The quantitative estimate of drug-likeness (QED) is 0.851. The van der Waals surface area contributed by atoms with Crippen LogP contribution in [0, 0.1) is 0 Å². The molecule has 0 aliphatic carbocycles. The number of aromatic nitrogens is 3. The molecule has 2 aromatic rings. The molecule has 0 bridgehead atoms. The predicted octanol–water partition coefficient (Wildman–Crippen LogP) is 2.77. The number of carbonyl (C=O) groups is 1. The molecule has 0 fully saturated rings. The summed E-state index contributed by atoms with van der Waals surface area (Å²) in [5.41, 5.74) is 0.643. The molecule has 2 N–H and O–H groups in total. The van der Waals surface area contributed by atoms with Crippen molar-refractivity contribution in [3.8, 4) is 6.01 Å². The smallest absolute Gasteiger partial charge is 0.336 e. The van der Waals surface area contributed by atoms with Crippen LogP contribution < -0.4 is 10.1 Å². The van der Waals surface area contributed by atoms with Crippen molar-refractivity contribution in [3.05, 3.63) is 39.9 Å². The lowest BCUT2D eigenvalue weighted by molar-refractivity contribution is -0.111. The summed E-state index contributed by atoms with van der Waals surface area (Å²) in [5.74, 6) is -0.200. The van der Waals surface area contributed by atoms with Gasteiger partial charge >= 0.3 is 6.01 Å². The number of aromatic amines is 1. The Bertz CT molecular complexity index is 655. The van der Waals surface area contributed by atoms with Gasteiger partial charge in [0.25, 0.3) is 5.91 Å². The molecule has 0 radical (unpaired) electrons. The maximum absolute atomic E-state index is 11.7. The minimum atomic E-state index is -0.389. The molecule has 2 rings (SSSR count). The first kappa shape index (κ1) is 14.4. The second kappa shape index (κ2) is 6.40. The van der Waals surface area contributed by atoms with Crippen LogP contribution in [0.3, 0.4) is 0 Å². The fraction of sp³-hybridized carbons (Fsp3) is 0.0833. The maximum atomic E-state index is 11.7. The molecule has 1 aromatic carbocycles. The third-order valence-electron chi connectivity index (χ3n) is 2.26. The van der Waals surface area contributed by atoms with Gasteiger partial charge in [0.2, 0.25) is 5.95 Å². The number of ether oxygens (including phenoxy) is 1. The van der Waals surface area contributed by atoms with Crippen LogP contribution in [0.5, 0.6) is 6.01 Å². The van der Waals surface area contributed by atoms with Crippen LogP contribution in [0.2, 0.25) is 10.0 Å². The number of anilines is 1. The van der Waals surface area contributed by atoms with Gasteiger partial charge in [-0.3, -0.25) is 10.1 Å². The van der Waals surface area contributed by atoms with Crippen LogP contribution in [-0.2, 0) is 4.79 Å². The highest BCUT2D eigenvalue weighted by Crippen LogP contribution is 2.21. The molecule has 0 atom stereocenters. The molecule has 0 aliphatic rings. The second-order valence-electron chi connectivity index (χ2n) is 3.66. The SMILES string of the molecule is COc1n[nH]c(NC(=O)/C=C/c2cc(Cl)ccc2Cl)n1. The molecule has 1 heterocycles. The molecule has 20 heavy (non-hydrogen) atoms. The normalized spacial score (nSPS) is 10.8. The van der Waals surface area contributed by atoms with E-state index in [1.54, 1.807) is 24.3 Å². The number of hydrogen-bond donors (Lipinski definition) is 2. The minimum absolute atomic E-state index is 0.141. The van der Waals surface area contributed by atoms with Crippen LogP contribution in [0.15, 0.2) is 24.3 Å². The lowest BCUT2D eigenvalue weighted by Gasteiger charge is -1.99. The Morgan fingerprint density at radius 2 is 2.25 bits per heavy atom. The highest BCUT2D eigenvalue weighted by molar-refractivity contribution is 6.34. The summed E-state index contributed by atoms with van der Waals surface area (Å²) >= 11 is 11.8. The van der Waals surface area contributed by atoms with Crippen molar-refractivity contribution in [2.24, 2.45) is 0 Å². The zero-order valence-electron chi connectivity index (χ0n) is 10.4. The zero-order valence-corrected chi connectivity index (χ0v) is 11.9. The van der Waals surface area contributed by atoms with E-state index in [-0.39, 0.29) is 17.9 Å². The number of benzene rings is 1. The highest BCUT2D eigenvalue weighted by Gasteiger charge is 2.05. The van der Waals surface area contributed by atoms with Gasteiger partial charge in [-0.05, 0) is 29.8 Å². The number of hydrogen-bond acceptors (Lipinski definition) is 4. The van der Waals surface area contributed by atoms with E-state index in [9.17, 15) is 4.79 Å². The Kier molecular flexibility index (Phi) is 4.60. The van der Waals surface area contributed by atoms with Crippen LogP contribution in [0.25, 0.3) is 6.08 Å². The third kappa shape index (κ3) is 3.72. The average molecular weight is 313 g/mol. The van der Waals surface area contributed by atoms with Crippen LogP contribution in [0.1, 0.15) is 5.56 Å². The first-order chi connectivity index (χ1) is 9.58. The van der Waals surface area contributed by atoms with Crippen molar-refractivity contribution in [1.82, 2.24) is 15.2 Å². The first-order valence-corrected chi connectivity index (χ1v) is 6.24. The average Bonchev–Trinajstić information content (AvgIpc) is 2.87. The number of rotatable bonds is 4.